The maximum absolute atomic E-state index is 6.23. The Balaban J connectivity index is 2.50. The predicted molar refractivity (Wildman–Crippen MR) is 66.2 cm³/mol. The van der Waals surface area contributed by atoms with Crippen molar-refractivity contribution in [1.82, 2.24) is 25.2 Å². The predicted octanol–water partition coefficient (Wildman–Crippen LogP) is 1.03. The molecule has 0 radical (unpaired) electrons. The Morgan fingerprint density at radius 1 is 1.29 bits per heavy atom. The summed E-state index contributed by atoms with van der Waals surface area (Å²) in [5.41, 5.74) is 9.64. The molecule has 0 fully saturated rings. The molecule has 6 nitrogen and oxygen atoms in total. The summed E-state index contributed by atoms with van der Waals surface area (Å²) in [4.78, 5) is 0. The Hall–Kier alpha value is -1.34. The summed E-state index contributed by atoms with van der Waals surface area (Å²) in [7, 11) is 1.81. The normalized spacial score (nSPS) is 12.8. The number of aryl methyl sites for hydroxylation is 3. The van der Waals surface area contributed by atoms with Gasteiger partial charge in [-0.2, -0.15) is 10.2 Å². The maximum atomic E-state index is 6.23. The highest BCUT2D eigenvalue weighted by Gasteiger charge is 2.20. The second-order valence-corrected chi connectivity index (χ2v) is 4.64. The van der Waals surface area contributed by atoms with Crippen molar-refractivity contribution < 1.29 is 0 Å². The molecule has 2 N–H and O–H groups in total. The largest absolute Gasteiger partial charge is 0.319 e. The third-order valence-corrected chi connectivity index (χ3v) is 3.16. The molecular formula is C10H13BrN6. The van der Waals surface area contributed by atoms with Crippen molar-refractivity contribution in [2.75, 3.05) is 0 Å². The number of nitrogens with zero attached hydrogens (tertiary/aromatic N) is 5. The smallest absolute Gasteiger partial charge is 0.153 e. The average molecular weight is 297 g/mol. The zero-order valence-corrected chi connectivity index (χ0v) is 11.4. The number of nitrogens with two attached hydrogens (primary N) is 1. The summed E-state index contributed by atoms with van der Waals surface area (Å²) in [6.07, 6.45) is 0. The van der Waals surface area contributed by atoms with Crippen LogP contribution >= 0.6 is 15.9 Å². The van der Waals surface area contributed by atoms with E-state index in [1.807, 2.05) is 27.0 Å². The average Bonchev–Trinajstić information content (AvgIpc) is 2.61. The first kappa shape index (κ1) is 12.1. The molecule has 2 aromatic heterocycles. The highest BCUT2D eigenvalue weighted by atomic mass is 79.9. The standard InChI is InChI=1S/C10H13BrN6/c1-5-4-7(6(2)14-13-5)8(12)9-10(11)15-16-17(9)3/h4,8H,12H2,1-3H3. The van der Waals surface area contributed by atoms with Gasteiger partial charge in [-0.3, -0.25) is 0 Å². The third-order valence-electron chi connectivity index (χ3n) is 2.60. The van der Waals surface area contributed by atoms with Gasteiger partial charge in [-0.1, -0.05) is 5.21 Å². The van der Waals surface area contributed by atoms with E-state index in [1.54, 1.807) is 4.68 Å². The van der Waals surface area contributed by atoms with Crippen LogP contribution in [-0.4, -0.2) is 25.2 Å². The molecule has 0 spiro atoms. The van der Waals surface area contributed by atoms with Gasteiger partial charge in [0.25, 0.3) is 0 Å². The van der Waals surface area contributed by atoms with Crippen LogP contribution in [0.25, 0.3) is 0 Å². The van der Waals surface area contributed by atoms with Crippen molar-refractivity contribution in [3.63, 3.8) is 0 Å². The van der Waals surface area contributed by atoms with Crippen molar-refractivity contribution >= 4 is 15.9 Å². The topological polar surface area (TPSA) is 82.5 Å². The SMILES string of the molecule is Cc1cc(C(N)c2c(Br)nnn2C)c(C)nn1. The van der Waals surface area contributed by atoms with Gasteiger partial charge in [0.1, 0.15) is 0 Å². The molecule has 0 aromatic carbocycles. The van der Waals surface area contributed by atoms with E-state index in [0.29, 0.717) is 4.60 Å². The fourth-order valence-electron chi connectivity index (χ4n) is 1.70. The molecule has 0 saturated carbocycles. The van der Waals surface area contributed by atoms with Crippen LogP contribution < -0.4 is 5.73 Å². The first-order chi connectivity index (χ1) is 8.00. The summed E-state index contributed by atoms with van der Waals surface area (Å²) in [6.45, 7) is 3.78. The molecule has 90 valence electrons. The quantitative estimate of drug-likeness (QED) is 0.895. The summed E-state index contributed by atoms with van der Waals surface area (Å²) in [5.74, 6) is 0. The molecule has 0 aliphatic carbocycles. The van der Waals surface area contributed by atoms with Gasteiger partial charge < -0.3 is 5.73 Å². The molecule has 0 aliphatic rings. The Labute approximate surface area is 107 Å². The Morgan fingerprint density at radius 2 is 2.00 bits per heavy atom. The minimum atomic E-state index is -0.321. The van der Waals surface area contributed by atoms with Gasteiger partial charge in [-0.05, 0) is 41.4 Å². The number of halogens is 1. The van der Waals surface area contributed by atoms with Gasteiger partial charge in [-0.25, -0.2) is 4.68 Å². The van der Waals surface area contributed by atoms with Crippen LogP contribution in [0.5, 0.6) is 0 Å². The number of hydrogen-bond acceptors (Lipinski definition) is 5. The first-order valence-corrected chi connectivity index (χ1v) is 5.91. The second kappa shape index (κ2) is 4.50. The lowest BCUT2D eigenvalue weighted by Crippen LogP contribution is -2.18. The van der Waals surface area contributed by atoms with E-state index < -0.39 is 0 Å². The summed E-state index contributed by atoms with van der Waals surface area (Å²) >= 11 is 3.35. The molecule has 0 saturated heterocycles. The van der Waals surface area contributed by atoms with Crippen LogP contribution in [0.15, 0.2) is 10.7 Å². The molecule has 7 heteroatoms. The van der Waals surface area contributed by atoms with Crippen LogP contribution in [0.3, 0.4) is 0 Å². The Bertz CT molecular complexity index is 530. The van der Waals surface area contributed by atoms with Crippen LogP contribution in [0.4, 0.5) is 0 Å². The van der Waals surface area contributed by atoms with Crippen molar-refractivity contribution in [3.8, 4) is 0 Å². The van der Waals surface area contributed by atoms with Crippen LogP contribution in [0, 0.1) is 13.8 Å². The molecule has 0 amide bonds. The lowest BCUT2D eigenvalue weighted by molar-refractivity contribution is 0.646. The monoisotopic (exact) mass is 296 g/mol. The molecule has 0 bridgehead atoms. The zero-order chi connectivity index (χ0) is 12.6. The van der Waals surface area contributed by atoms with Crippen LogP contribution in [-0.2, 0) is 7.05 Å². The van der Waals surface area contributed by atoms with Crippen molar-refractivity contribution in [2.45, 2.75) is 19.9 Å². The molecule has 1 unspecified atom stereocenters. The summed E-state index contributed by atoms with van der Waals surface area (Å²) < 4.78 is 2.31. The van der Waals surface area contributed by atoms with Gasteiger partial charge in [0.15, 0.2) is 4.60 Å². The van der Waals surface area contributed by atoms with E-state index in [0.717, 1.165) is 22.6 Å². The molecule has 17 heavy (non-hydrogen) atoms. The van der Waals surface area contributed by atoms with Gasteiger partial charge in [0.2, 0.25) is 0 Å². The Morgan fingerprint density at radius 3 is 2.59 bits per heavy atom. The summed E-state index contributed by atoms with van der Waals surface area (Å²) in [5, 5.41) is 15.9. The van der Waals surface area contributed by atoms with E-state index in [4.69, 9.17) is 5.73 Å². The van der Waals surface area contributed by atoms with E-state index in [1.165, 1.54) is 0 Å². The van der Waals surface area contributed by atoms with Gasteiger partial charge >= 0.3 is 0 Å². The minimum absolute atomic E-state index is 0.321. The Kier molecular flexibility index (Phi) is 3.21. The highest BCUT2D eigenvalue weighted by molar-refractivity contribution is 9.10. The molecule has 0 aliphatic heterocycles. The third kappa shape index (κ3) is 2.20. The molecule has 2 aromatic rings. The lowest BCUT2D eigenvalue weighted by atomic mass is 10.0. The van der Waals surface area contributed by atoms with E-state index >= 15 is 0 Å². The maximum Gasteiger partial charge on any atom is 0.153 e. The van der Waals surface area contributed by atoms with Crippen molar-refractivity contribution in [2.24, 2.45) is 12.8 Å². The lowest BCUT2D eigenvalue weighted by Gasteiger charge is -2.14. The van der Waals surface area contributed by atoms with E-state index in [-0.39, 0.29) is 6.04 Å². The molecule has 2 heterocycles. The van der Waals surface area contributed by atoms with E-state index in [2.05, 4.69) is 36.4 Å². The number of hydrogen-bond donors (Lipinski definition) is 1. The highest BCUT2D eigenvalue weighted by Crippen LogP contribution is 2.25. The number of aromatic nitrogens is 5. The second-order valence-electron chi connectivity index (χ2n) is 3.89. The van der Waals surface area contributed by atoms with Gasteiger partial charge in [-0.15, -0.1) is 5.10 Å². The fraction of sp³-hybridized carbons (Fsp3) is 0.400. The van der Waals surface area contributed by atoms with Crippen LogP contribution in [0.1, 0.15) is 28.7 Å². The van der Waals surface area contributed by atoms with E-state index in [9.17, 15) is 0 Å². The molecule has 2 rings (SSSR count). The molecular weight excluding hydrogens is 284 g/mol. The molecule has 1 atom stereocenters. The fourth-order valence-corrected chi connectivity index (χ4v) is 2.28. The van der Waals surface area contributed by atoms with Crippen molar-refractivity contribution in [3.05, 3.63) is 33.3 Å². The zero-order valence-electron chi connectivity index (χ0n) is 9.85. The minimum Gasteiger partial charge on any atom is -0.319 e. The van der Waals surface area contributed by atoms with Crippen molar-refractivity contribution in [1.29, 1.82) is 0 Å². The first-order valence-electron chi connectivity index (χ1n) is 5.12. The van der Waals surface area contributed by atoms with Gasteiger partial charge in [0, 0.05) is 7.05 Å². The van der Waals surface area contributed by atoms with Crippen LogP contribution in [0.2, 0.25) is 0 Å². The van der Waals surface area contributed by atoms with Gasteiger partial charge in [0.05, 0.1) is 23.1 Å². The number of rotatable bonds is 2. The summed E-state index contributed by atoms with van der Waals surface area (Å²) in [6, 6.07) is 1.62.